The average Bonchev–Trinajstić information content (AvgIpc) is 2.86. The number of halogens is 1. The third-order valence-electron chi connectivity index (χ3n) is 6.50. The normalized spacial score (nSPS) is 17.9. The van der Waals surface area contributed by atoms with E-state index >= 15 is 0 Å². The number of piperidine rings is 1. The van der Waals surface area contributed by atoms with E-state index in [1.165, 1.54) is 5.56 Å². The van der Waals surface area contributed by atoms with E-state index < -0.39 is 0 Å². The Kier molecular flexibility index (Phi) is 6.76. The Morgan fingerprint density at radius 3 is 2.52 bits per heavy atom. The zero-order chi connectivity index (χ0) is 22.6. The van der Waals surface area contributed by atoms with Crippen LogP contribution < -0.4 is 5.32 Å². The van der Waals surface area contributed by atoms with Gasteiger partial charge in [-0.25, -0.2) is 4.98 Å². The van der Waals surface area contributed by atoms with Crippen LogP contribution in [0, 0.1) is 0 Å². The Hall–Kier alpha value is -2.67. The molecule has 5 rings (SSSR count). The Labute approximate surface area is 199 Å². The molecule has 6 nitrogen and oxygen atoms in total. The van der Waals surface area contributed by atoms with E-state index in [0.29, 0.717) is 37.9 Å². The van der Waals surface area contributed by atoms with Crippen LogP contribution in [0.2, 0.25) is 5.02 Å². The number of carbonyl (C=O) groups is 1. The molecular formula is C26H29ClN4O2. The molecule has 0 saturated carbocycles. The smallest absolute Gasteiger partial charge is 0.254 e. The minimum Gasteiger partial charge on any atom is -0.378 e. The fraction of sp³-hybridized carbons (Fsp3) is 0.385. The van der Waals surface area contributed by atoms with Gasteiger partial charge in [0.25, 0.3) is 5.91 Å². The zero-order valence-corrected chi connectivity index (χ0v) is 19.4. The van der Waals surface area contributed by atoms with Crippen LogP contribution in [0.1, 0.15) is 28.8 Å². The van der Waals surface area contributed by atoms with Crippen molar-refractivity contribution in [2.24, 2.45) is 0 Å². The van der Waals surface area contributed by atoms with Gasteiger partial charge in [0.1, 0.15) is 5.82 Å². The van der Waals surface area contributed by atoms with Gasteiger partial charge in [0.2, 0.25) is 0 Å². The molecule has 172 valence electrons. The topological polar surface area (TPSA) is 57.7 Å². The first-order valence-electron chi connectivity index (χ1n) is 11.7. The number of aromatic nitrogens is 1. The second-order valence-corrected chi connectivity index (χ2v) is 9.23. The van der Waals surface area contributed by atoms with E-state index in [4.69, 9.17) is 21.3 Å². The molecule has 0 unspecified atom stereocenters. The molecule has 0 aliphatic carbocycles. The highest BCUT2D eigenvalue weighted by atomic mass is 35.5. The lowest BCUT2D eigenvalue weighted by atomic mass is 10.0. The summed E-state index contributed by atoms with van der Waals surface area (Å²) in [5.74, 6) is 0.833. The number of amides is 1. The minimum absolute atomic E-state index is 0.0535. The maximum Gasteiger partial charge on any atom is 0.254 e. The van der Waals surface area contributed by atoms with Crippen LogP contribution in [0.3, 0.4) is 0 Å². The molecule has 1 aromatic heterocycles. The molecule has 1 N–H and O–H groups in total. The maximum atomic E-state index is 13.3. The van der Waals surface area contributed by atoms with Crippen molar-refractivity contribution in [1.29, 1.82) is 0 Å². The number of morpholine rings is 1. The number of hydrogen-bond donors (Lipinski definition) is 1. The van der Waals surface area contributed by atoms with Crippen molar-refractivity contribution in [2.75, 3.05) is 44.7 Å². The molecule has 1 amide bonds. The predicted molar refractivity (Wildman–Crippen MR) is 132 cm³/mol. The Bertz CT molecular complexity index is 1110. The van der Waals surface area contributed by atoms with Gasteiger partial charge in [-0.15, -0.1) is 0 Å². The van der Waals surface area contributed by atoms with Gasteiger partial charge in [-0.3, -0.25) is 9.69 Å². The van der Waals surface area contributed by atoms with Crippen LogP contribution in [-0.4, -0.2) is 66.1 Å². The first-order chi connectivity index (χ1) is 16.2. The van der Waals surface area contributed by atoms with E-state index in [1.807, 2.05) is 47.4 Å². The molecule has 7 heteroatoms. The van der Waals surface area contributed by atoms with E-state index in [1.54, 1.807) is 0 Å². The SMILES string of the molecule is O=C(c1cc(NC2CCN(Cc3ccc(Cl)cc3)CC2)nc2ccccc12)N1CCOCC1. The van der Waals surface area contributed by atoms with Crippen LogP contribution >= 0.6 is 11.6 Å². The van der Waals surface area contributed by atoms with Crippen LogP contribution in [0.5, 0.6) is 0 Å². The average molecular weight is 465 g/mol. The number of para-hydroxylation sites is 1. The Morgan fingerprint density at radius 2 is 1.76 bits per heavy atom. The molecule has 3 aromatic rings. The summed E-state index contributed by atoms with van der Waals surface area (Å²) >= 11 is 6.00. The minimum atomic E-state index is 0.0535. The molecule has 0 spiro atoms. The monoisotopic (exact) mass is 464 g/mol. The summed E-state index contributed by atoms with van der Waals surface area (Å²) in [6, 6.07) is 18.3. The molecule has 3 heterocycles. The van der Waals surface area contributed by atoms with E-state index in [0.717, 1.165) is 54.2 Å². The van der Waals surface area contributed by atoms with Gasteiger partial charge in [-0.2, -0.15) is 0 Å². The predicted octanol–water partition coefficient (Wildman–Crippen LogP) is 4.44. The van der Waals surface area contributed by atoms with Crippen LogP contribution in [0.15, 0.2) is 54.6 Å². The van der Waals surface area contributed by atoms with Crippen LogP contribution in [-0.2, 0) is 11.3 Å². The van der Waals surface area contributed by atoms with Crippen molar-refractivity contribution in [3.05, 3.63) is 70.7 Å². The molecule has 2 saturated heterocycles. The van der Waals surface area contributed by atoms with E-state index in [2.05, 4.69) is 22.3 Å². The zero-order valence-electron chi connectivity index (χ0n) is 18.7. The second kappa shape index (κ2) is 10.1. The number of benzene rings is 2. The second-order valence-electron chi connectivity index (χ2n) is 8.80. The molecule has 33 heavy (non-hydrogen) atoms. The fourth-order valence-corrected chi connectivity index (χ4v) is 4.78. The molecule has 2 aromatic carbocycles. The molecular weight excluding hydrogens is 436 g/mol. The van der Waals surface area contributed by atoms with Gasteiger partial charge in [0.05, 0.1) is 24.3 Å². The van der Waals surface area contributed by atoms with E-state index in [9.17, 15) is 4.79 Å². The summed E-state index contributed by atoms with van der Waals surface area (Å²) in [6.07, 6.45) is 2.07. The summed E-state index contributed by atoms with van der Waals surface area (Å²) in [6.45, 7) is 5.43. The molecule has 0 bridgehead atoms. The molecule has 0 radical (unpaired) electrons. The number of fused-ring (bicyclic) bond motifs is 1. The quantitative estimate of drug-likeness (QED) is 0.605. The van der Waals surface area contributed by atoms with Crippen molar-refractivity contribution in [3.8, 4) is 0 Å². The molecule has 2 aliphatic heterocycles. The highest BCUT2D eigenvalue weighted by molar-refractivity contribution is 6.30. The van der Waals surface area contributed by atoms with Gasteiger partial charge >= 0.3 is 0 Å². The van der Waals surface area contributed by atoms with E-state index in [-0.39, 0.29) is 5.91 Å². The summed E-state index contributed by atoms with van der Waals surface area (Å²) in [5, 5.41) is 5.29. The maximum absolute atomic E-state index is 13.3. The largest absolute Gasteiger partial charge is 0.378 e. The first kappa shape index (κ1) is 22.1. The number of anilines is 1. The summed E-state index contributed by atoms with van der Waals surface area (Å²) < 4.78 is 5.42. The highest BCUT2D eigenvalue weighted by Crippen LogP contribution is 2.25. The number of pyridine rings is 1. The Morgan fingerprint density at radius 1 is 1.03 bits per heavy atom. The van der Waals surface area contributed by atoms with Gasteiger partial charge in [-0.05, 0) is 42.7 Å². The van der Waals surface area contributed by atoms with Crippen LogP contribution in [0.4, 0.5) is 5.82 Å². The molecule has 2 aliphatic rings. The standard InChI is InChI=1S/C26H29ClN4O2/c27-20-7-5-19(6-8-20)18-30-11-9-21(10-12-30)28-25-17-23(22-3-1-2-4-24(22)29-25)26(32)31-13-15-33-16-14-31/h1-8,17,21H,9-16,18H2,(H,28,29). The van der Waals surface area contributed by atoms with Gasteiger partial charge in [0, 0.05) is 49.2 Å². The van der Waals surface area contributed by atoms with Gasteiger partial charge in [0.15, 0.2) is 0 Å². The summed E-state index contributed by atoms with van der Waals surface area (Å²) in [5.41, 5.74) is 2.85. The fourth-order valence-electron chi connectivity index (χ4n) is 4.66. The lowest BCUT2D eigenvalue weighted by molar-refractivity contribution is 0.0304. The van der Waals surface area contributed by atoms with Crippen molar-refractivity contribution < 1.29 is 9.53 Å². The molecule has 2 fully saturated rings. The number of rotatable bonds is 5. The number of likely N-dealkylation sites (tertiary alicyclic amines) is 1. The highest BCUT2D eigenvalue weighted by Gasteiger charge is 2.23. The number of hydrogen-bond acceptors (Lipinski definition) is 5. The number of nitrogens with zero attached hydrogens (tertiary/aromatic N) is 3. The van der Waals surface area contributed by atoms with Gasteiger partial charge in [-0.1, -0.05) is 41.9 Å². The third kappa shape index (κ3) is 5.29. The molecule has 0 atom stereocenters. The van der Waals surface area contributed by atoms with Crippen LogP contribution in [0.25, 0.3) is 10.9 Å². The van der Waals surface area contributed by atoms with Crippen molar-refractivity contribution in [2.45, 2.75) is 25.4 Å². The number of nitrogens with one attached hydrogen (secondary N) is 1. The first-order valence-corrected chi connectivity index (χ1v) is 12.0. The number of carbonyl (C=O) groups excluding carboxylic acids is 1. The third-order valence-corrected chi connectivity index (χ3v) is 6.76. The lowest BCUT2D eigenvalue weighted by Crippen LogP contribution is -2.41. The summed E-state index contributed by atoms with van der Waals surface area (Å²) in [4.78, 5) is 22.5. The Balaban J connectivity index is 1.27. The van der Waals surface area contributed by atoms with Crippen molar-refractivity contribution in [1.82, 2.24) is 14.8 Å². The number of ether oxygens (including phenoxy) is 1. The lowest BCUT2D eigenvalue weighted by Gasteiger charge is -2.33. The van der Waals surface area contributed by atoms with Gasteiger partial charge < -0.3 is 15.0 Å². The summed E-state index contributed by atoms with van der Waals surface area (Å²) in [7, 11) is 0. The van der Waals surface area contributed by atoms with Crippen molar-refractivity contribution in [3.63, 3.8) is 0 Å². The van der Waals surface area contributed by atoms with Crippen molar-refractivity contribution >= 4 is 34.2 Å².